The van der Waals surface area contributed by atoms with Crippen molar-refractivity contribution < 1.29 is 9.59 Å². The molecule has 1 N–H and O–H groups in total. The minimum atomic E-state index is -0.127. The molecule has 4 nitrogen and oxygen atoms in total. The molecule has 0 aromatic heterocycles. The fourth-order valence-corrected chi connectivity index (χ4v) is 3.51. The number of amides is 1. The Bertz CT molecular complexity index is 788. The summed E-state index contributed by atoms with van der Waals surface area (Å²) in [6.45, 7) is 7.60. The average Bonchev–Trinajstić information content (AvgIpc) is 2.70. The summed E-state index contributed by atoms with van der Waals surface area (Å²) in [4.78, 5) is 26.8. The van der Waals surface area contributed by atoms with Crippen LogP contribution in [0.3, 0.4) is 0 Å². The van der Waals surface area contributed by atoms with Gasteiger partial charge in [0.1, 0.15) is 0 Å². The van der Waals surface area contributed by atoms with Crippen LogP contribution >= 0.6 is 0 Å². The van der Waals surface area contributed by atoms with Gasteiger partial charge in [-0.15, -0.1) is 0 Å². The topological polar surface area (TPSA) is 49.4 Å². The number of carbonyl (C=O) groups excluding carboxylic acids is 2. The Morgan fingerprint density at radius 3 is 2.25 bits per heavy atom. The van der Waals surface area contributed by atoms with Crippen molar-refractivity contribution in [2.75, 3.05) is 18.4 Å². The van der Waals surface area contributed by atoms with Crippen molar-refractivity contribution in [1.82, 2.24) is 4.90 Å². The van der Waals surface area contributed by atoms with E-state index in [-0.39, 0.29) is 24.5 Å². The molecular weight excluding hydrogens is 348 g/mol. The molecule has 1 heterocycles. The van der Waals surface area contributed by atoms with E-state index in [9.17, 15) is 9.59 Å². The van der Waals surface area contributed by atoms with E-state index in [2.05, 4.69) is 29.3 Å². The van der Waals surface area contributed by atoms with Crippen molar-refractivity contribution in [3.05, 3.63) is 65.2 Å². The lowest BCUT2D eigenvalue weighted by Gasteiger charge is -2.30. The Labute approximate surface area is 167 Å². The zero-order chi connectivity index (χ0) is 19.9. The van der Waals surface area contributed by atoms with Crippen LogP contribution in [-0.2, 0) is 11.3 Å². The molecule has 1 aliphatic rings. The van der Waals surface area contributed by atoms with Crippen LogP contribution in [-0.4, -0.2) is 29.7 Å². The Kier molecular flexibility index (Phi) is 6.99. The van der Waals surface area contributed by atoms with Gasteiger partial charge in [-0.25, -0.2) is 0 Å². The van der Waals surface area contributed by atoms with Crippen LogP contribution < -0.4 is 5.32 Å². The molecule has 148 valence electrons. The van der Waals surface area contributed by atoms with Crippen molar-refractivity contribution in [1.29, 1.82) is 0 Å². The number of hydrogen-bond acceptors (Lipinski definition) is 3. The van der Waals surface area contributed by atoms with E-state index in [0.717, 1.165) is 36.8 Å². The Morgan fingerprint density at radius 2 is 1.61 bits per heavy atom. The standard InChI is InChI=1S/C24H30N2O2/c1-18-3-7-21(8-4-18)23(27)11-12-24(28)25-22-9-5-20(6-10-22)17-26-15-13-19(2)14-16-26/h3-10,19H,11-17H2,1-2H3,(H,25,28). The summed E-state index contributed by atoms with van der Waals surface area (Å²) in [5.41, 5.74) is 3.83. The van der Waals surface area contributed by atoms with Crippen LogP contribution in [0.15, 0.2) is 48.5 Å². The van der Waals surface area contributed by atoms with Crippen molar-refractivity contribution >= 4 is 17.4 Å². The normalized spacial score (nSPS) is 15.4. The lowest BCUT2D eigenvalue weighted by atomic mass is 9.99. The molecule has 0 unspecified atom stereocenters. The number of anilines is 1. The highest BCUT2D eigenvalue weighted by atomic mass is 16.2. The predicted molar refractivity (Wildman–Crippen MR) is 113 cm³/mol. The van der Waals surface area contributed by atoms with Gasteiger partial charge in [0.25, 0.3) is 0 Å². The predicted octanol–water partition coefficient (Wildman–Crippen LogP) is 4.83. The maximum atomic E-state index is 12.2. The van der Waals surface area contributed by atoms with Gasteiger partial charge in [0, 0.05) is 30.6 Å². The third-order valence-corrected chi connectivity index (χ3v) is 5.47. The third kappa shape index (κ3) is 6.03. The van der Waals surface area contributed by atoms with Crippen molar-refractivity contribution in [3.63, 3.8) is 0 Å². The fraction of sp³-hybridized carbons (Fsp3) is 0.417. The number of ketones is 1. The summed E-state index contributed by atoms with van der Waals surface area (Å²) in [6, 6.07) is 15.5. The number of hydrogen-bond donors (Lipinski definition) is 1. The highest BCUT2D eigenvalue weighted by Gasteiger charge is 2.15. The van der Waals surface area contributed by atoms with Gasteiger partial charge in [-0.3, -0.25) is 14.5 Å². The van der Waals surface area contributed by atoms with Crippen LogP contribution in [0.2, 0.25) is 0 Å². The van der Waals surface area contributed by atoms with Crippen molar-refractivity contribution in [3.8, 4) is 0 Å². The van der Waals surface area contributed by atoms with Gasteiger partial charge in [0.15, 0.2) is 5.78 Å². The van der Waals surface area contributed by atoms with Crippen LogP contribution in [0, 0.1) is 12.8 Å². The lowest BCUT2D eigenvalue weighted by molar-refractivity contribution is -0.116. The quantitative estimate of drug-likeness (QED) is 0.702. The summed E-state index contributed by atoms with van der Waals surface area (Å²) in [7, 11) is 0. The Hall–Kier alpha value is -2.46. The van der Waals surface area contributed by atoms with Gasteiger partial charge in [-0.1, -0.05) is 48.9 Å². The first-order chi connectivity index (χ1) is 13.5. The molecule has 2 aromatic carbocycles. The fourth-order valence-electron chi connectivity index (χ4n) is 3.51. The highest BCUT2D eigenvalue weighted by Crippen LogP contribution is 2.19. The minimum absolute atomic E-state index is 0.00125. The summed E-state index contributed by atoms with van der Waals surface area (Å²) in [5.74, 6) is 0.714. The van der Waals surface area contributed by atoms with E-state index >= 15 is 0 Å². The first kappa shape index (κ1) is 20.3. The number of nitrogens with zero attached hydrogens (tertiary/aromatic N) is 1. The van der Waals surface area contributed by atoms with Gasteiger partial charge in [-0.2, -0.15) is 0 Å². The molecule has 2 aromatic rings. The number of rotatable bonds is 7. The first-order valence-electron chi connectivity index (χ1n) is 10.2. The number of nitrogens with one attached hydrogen (secondary N) is 1. The average molecular weight is 379 g/mol. The summed E-state index contributed by atoms with van der Waals surface area (Å²) in [5, 5.41) is 2.89. The van der Waals surface area contributed by atoms with E-state index < -0.39 is 0 Å². The van der Waals surface area contributed by atoms with Crippen LogP contribution in [0.1, 0.15) is 54.1 Å². The number of carbonyl (C=O) groups is 2. The number of benzene rings is 2. The minimum Gasteiger partial charge on any atom is -0.326 e. The largest absolute Gasteiger partial charge is 0.326 e. The number of Topliss-reactive ketones (excluding diaryl/α,β-unsaturated/α-hetero) is 1. The molecule has 3 rings (SSSR count). The molecule has 0 saturated carbocycles. The zero-order valence-corrected chi connectivity index (χ0v) is 16.9. The molecule has 4 heteroatoms. The molecule has 0 bridgehead atoms. The van der Waals surface area contributed by atoms with Gasteiger partial charge >= 0.3 is 0 Å². The van der Waals surface area contributed by atoms with Crippen LogP contribution in [0.25, 0.3) is 0 Å². The van der Waals surface area contributed by atoms with Crippen LogP contribution in [0.5, 0.6) is 0 Å². The highest BCUT2D eigenvalue weighted by molar-refractivity contribution is 6.00. The van der Waals surface area contributed by atoms with Crippen molar-refractivity contribution in [2.45, 2.75) is 46.1 Å². The second-order valence-corrected chi connectivity index (χ2v) is 7.99. The SMILES string of the molecule is Cc1ccc(C(=O)CCC(=O)Nc2ccc(CN3CCC(C)CC3)cc2)cc1. The monoisotopic (exact) mass is 378 g/mol. The second kappa shape index (κ2) is 9.65. The maximum absolute atomic E-state index is 12.2. The van der Waals surface area contributed by atoms with Crippen molar-refractivity contribution in [2.24, 2.45) is 5.92 Å². The second-order valence-electron chi connectivity index (χ2n) is 7.99. The molecular formula is C24H30N2O2. The van der Waals surface area contributed by atoms with Crippen LogP contribution in [0.4, 0.5) is 5.69 Å². The van der Waals surface area contributed by atoms with E-state index in [1.807, 2.05) is 43.3 Å². The molecule has 0 atom stereocenters. The molecule has 0 spiro atoms. The van der Waals surface area contributed by atoms with Gasteiger partial charge in [-0.05, 0) is 56.5 Å². The van der Waals surface area contributed by atoms with E-state index in [0.29, 0.717) is 5.56 Å². The molecule has 0 radical (unpaired) electrons. The number of likely N-dealkylation sites (tertiary alicyclic amines) is 1. The molecule has 28 heavy (non-hydrogen) atoms. The molecule has 1 fully saturated rings. The van der Waals surface area contributed by atoms with Gasteiger partial charge in [0.05, 0.1) is 0 Å². The van der Waals surface area contributed by atoms with E-state index in [1.54, 1.807) is 0 Å². The zero-order valence-electron chi connectivity index (χ0n) is 16.9. The molecule has 1 aliphatic heterocycles. The number of aryl methyl sites for hydroxylation is 1. The lowest BCUT2D eigenvalue weighted by Crippen LogP contribution is -2.32. The molecule has 0 aliphatic carbocycles. The third-order valence-electron chi connectivity index (χ3n) is 5.47. The summed E-state index contributed by atoms with van der Waals surface area (Å²) >= 11 is 0. The smallest absolute Gasteiger partial charge is 0.224 e. The summed E-state index contributed by atoms with van der Waals surface area (Å²) in [6.07, 6.45) is 2.96. The maximum Gasteiger partial charge on any atom is 0.224 e. The Morgan fingerprint density at radius 1 is 0.964 bits per heavy atom. The van der Waals surface area contributed by atoms with E-state index in [1.165, 1.54) is 18.4 Å². The molecule has 1 saturated heterocycles. The van der Waals surface area contributed by atoms with Gasteiger partial charge < -0.3 is 5.32 Å². The number of piperidine rings is 1. The summed E-state index contributed by atoms with van der Waals surface area (Å²) < 4.78 is 0. The Balaban J connectivity index is 1.43. The van der Waals surface area contributed by atoms with Gasteiger partial charge in [0.2, 0.25) is 5.91 Å². The molecule has 1 amide bonds. The van der Waals surface area contributed by atoms with E-state index in [4.69, 9.17) is 0 Å². The first-order valence-corrected chi connectivity index (χ1v) is 10.2.